The molecule has 1 rings (SSSR count). The van der Waals surface area contributed by atoms with Gasteiger partial charge in [0.1, 0.15) is 0 Å². The Balaban J connectivity index is 2.54. The summed E-state index contributed by atoms with van der Waals surface area (Å²) in [6.45, 7) is 6.74. The van der Waals surface area contributed by atoms with E-state index in [9.17, 15) is 0 Å². The number of rotatable bonds is 7. The highest BCUT2D eigenvalue weighted by Gasteiger charge is 2.07. The first-order valence-electron chi connectivity index (χ1n) is 6.93. The van der Waals surface area contributed by atoms with Crippen molar-refractivity contribution in [1.29, 1.82) is 0 Å². The number of benzene rings is 1. The van der Waals surface area contributed by atoms with Crippen LogP contribution in [0.4, 0.5) is 0 Å². The Morgan fingerprint density at radius 1 is 1.12 bits per heavy atom. The molecule has 0 saturated carbocycles. The van der Waals surface area contributed by atoms with Crippen molar-refractivity contribution in [2.24, 2.45) is 0 Å². The molecule has 1 aromatic rings. The van der Waals surface area contributed by atoms with Gasteiger partial charge >= 0.3 is 0 Å². The second-order valence-corrected chi connectivity index (χ2v) is 5.23. The largest absolute Gasteiger partial charge is 0.317 e. The lowest BCUT2D eigenvalue weighted by Crippen LogP contribution is -2.27. The third kappa shape index (κ3) is 4.91. The summed E-state index contributed by atoms with van der Waals surface area (Å²) in [6, 6.07) is 9.73. The maximum absolute atomic E-state index is 3.42. The zero-order chi connectivity index (χ0) is 12.7. The van der Waals surface area contributed by atoms with Crippen molar-refractivity contribution < 1.29 is 0 Å². The zero-order valence-corrected chi connectivity index (χ0v) is 11.8. The Kier molecular flexibility index (Phi) is 6.28. The fraction of sp³-hybridized carbons (Fsp3) is 0.625. The minimum Gasteiger partial charge on any atom is -0.317 e. The van der Waals surface area contributed by atoms with Gasteiger partial charge in [-0.1, -0.05) is 57.9 Å². The van der Waals surface area contributed by atoms with Crippen molar-refractivity contribution in [2.75, 3.05) is 7.05 Å². The molecule has 1 unspecified atom stereocenters. The maximum atomic E-state index is 3.42. The summed E-state index contributed by atoms with van der Waals surface area (Å²) in [5.74, 6) is 0.629. The van der Waals surface area contributed by atoms with Crippen LogP contribution in [0.5, 0.6) is 0 Å². The number of hydrogen-bond acceptors (Lipinski definition) is 1. The van der Waals surface area contributed by atoms with Gasteiger partial charge in [-0.2, -0.15) is 0 Å². The molecule has 0 amide bonds. The lowest BCUT2D eigenvalue weighted by Gasteiger charge is -2.16. The van der Waals surface area contributed by atoms with Gasteiger partial charge in [0.2, 0.25) is 0 Å². The Morgan fingerprint density at radius 3 is 2.24 bits per heavy atom. The summed E-state index contributed by atoms with van der Waals surface area (Å²) in [5, 5.41) is 3.42. The van der Waals surface area contributed by atoms with Crippen molar-refractivity contribution in [1.82, 2.24) is 5.32 Å². The summed E-state index contributed by atoms with van der Waals surface area (Å²) in [4.78, 5) is 0. The van der Waals surface area contributed by atoms with Crippen LogP contribution in [-0.4, -0.2) is 13.1 Å². The minimum atomic E-state index is 0.625. The molecule has 1 aromatic carbocycles. The topological polar surface area (TPSA) is 12.0 Å². The molecule has 0 saturated heterocycles. The van der Waals surface area contributed by atoms with E-state index < -0.39 is 0 Å². The molecule has 0 aliphatic heterocycles. The van der Waals surface area contributed by atoms with Crippen LogP contribution in [0, 0.1) is 0 Å². The van der Waals surface area contributed by atoms with Crippen molar-refractivity contribution >= 4 is 0 Å². The van der Waals surface area contributed by atoms with Crippen molar-refractivity contribution in [3.8, 4) is 0 Å². The molecule has 1 atom stereocenters. The number of likely N-dealkylation sites (N-methyl/N-ethyl adjacent to an activating group) is 1. The molecule has 0 radical (unpaired) electrons. The molecule has 0 heterocycles. The minimum absolute atomic E-state index is 0.625. The van der Waals surface area contributed by atoms with Gasteiger partial charge in [0.05, 0.1) is 0 Å². The van der Waals surface area contributed by atoms with E-state index in [1.807, 2.05) is 0 Å². The SMILES string of the molecule is CCCCC(Cc1ccc(C(C)C)cc1)NC. The first-order chi connectivity index (χ1) is 8.17. The van der Waals surface area contributed by atoms with Gasteiger partial charge in [-0.25, -0.2) is 0 Å². The van der Waals surface area contributed by atoms with Crippen LogP contribution in [0.3, 0.4) is 0 Å². The average molecular weight is 233 g/mol. The van der Waals surface area contributed by atoms with Crippen LogP contribution in [0.2, 0.25) is 0 Å². The van der Waals surface area contributed by atoms with Gasteiger partial charge < -0.3 is 5.32 Å². The van der Waals surface area contributed by atoms with Crippen LogP contribution in [0.25, 0.3) is 0 Å². The van der Waals surface area contributed by atoms with Gasteiger partial charge in [-0.05, 0) is 36.9 Å². The second-order valence-electron chi connectivity index (χ2n) is 5.23. The van der Waals surface area contributed by atoms with Gasteiger partial charge in [0.25, 0.3) is 0 Å². The van der Waals surface area contributed by atoms with E-state index in [4.69, 9.17) is 0 Å². The molecule has 0 aliphatic rings. The first-order valence-corrected chi connectivity index (χ1v) is 6.93. The van der Waals surface area contributed by atoms with Crippen molar-refractivity contribution in [3.05, 3.63) is 35.4 Å². The van der Waals surface area contributed by atoms with Gasteiger partial charge in [0.15, 0.2) is 0 Å². The Hall–Kier alpha value is -0.820. The van der Waals surface area contributed by atoms with E-state index in [2.05, 4.69) is 57.4 Å². The smallest absolute Gasteiger partial charge is 0.0104 e. The maximum Gasteiger partial charge on any atom is 0.0104 e. The van der Waals surface area contributed by atoms with Crippen molar-refractivity contribution in [2.45, 2.75) is 58.4 Å². The standard InChI is InChI=1S/C16H27N/c1-5-6-7-16(17-4)12-14-8-10-15(11-9-14)13(2)3/h8-11,13,16-17H,5-7,12H2,1-4H3. The van der Waals surface area contributed by atoms with E-state index in [0.717, 1.165) is 6.42 Å². The Bertz CT molecular complexity index is 300. The summed E-state index contributed by atoms with van der Waals surface area (Å²) >= 11 is 0. The Morgan fingerprint density at radius 2 is 1.76 bits per heavy atom. The van der Waals surface area contributed by atoms with E-state index in [0.29, 0.717) is 12.0 Å². The quantitative estimate of drug-likeness (QED) is 0.746. The van der Waals surface area contributed by atoms with E-state index in [1.165, 1.54) is 30.4 Å². The fourth-order valence-corrected chi connectivity index (χ4v) is 2.12. The normalized spacial score (nSPS) is 13.0. The van der Waals surface area contributed by atoms with E-state index in [-0.39, 0.29) is 0 Å². The summed E-state index contributed by atoms with van der Waals surface area (Å²) in [7, 11) is 2.07. The number of unbranched alkanes of at least 4 members (excludes halogenated alkanes) is 1. The molecule has 0 aliphatic carbocycles. The lowest BCUT2D eigenvalue weighted by molar-refractivity contribution is 0.498. The molecular weight excluding hydrogens is 206 g/mol. The van der Waals surface area contributed by atoms with Crippen LogP contribution in [0.15, 0.2) is 24.3 Å². The highest BCUT2D eigenvalue weighted by atomic mass is 14.9. The van der Waals surface area contributed by atoms with Gasteiger partial charge in [0, 0.05) is 6.04 Å². The van der Waals surface area contributed by atoms with Crippen LogP contribution in [0.1, 0.15) is 57.1 Å². The molecule has 0 bridgehead atoms. The molecule has 0 spiro atoms. The van der Waals surface area contributed by atoms with Gasteiger partial charge in [-0.3, -0.25) is 0 Å². The second kappa shape index (κ2) is 7.50. The monoisotopic (exact) mass is 233 g/mol. The molecule has 17 heavy (non-hydrogen) atoms. The number of nitrogens with one attached hydrogen (secondary N) is 1. The number of hydrogen-bond donors (Lipinski definition) is 1. The van der Waals surface area contributed by atoms with E-state index in [1.54, 1.807) is 0 Å². The predicted octanol–water partition coefficient (Wildman–Crippen LogP) is 4.13. The molecule has 0 fully saturated rings. The van der Waals surface area contributed by atoms with Crippen LogP contribution in [-0.2, 0) is 6.42 Å². The highest BCUT2D eigenvalue weighted by Crippen LogP contribution is 2.16. The molecule has 0 aromatic heterocycles. The molecule has 1 N–H and O–H groups in total. The highest BCUT2D eigenvalue weighted by molar-refractivity contribution is 5.25. The predicted molar refractivity (Wildman–Crippen MR) is 76.6 cm³/mol. The molecule has 1 heteroatoms. The average Bonchev–Trinajstić information content (AvgIpc) is 2.35. The summed E-state index contributed by atoms with van der Waals surface area (Å²) in [6.07, 6.45) is 5.02. The first kappa shape index (κ1) is 14.2. The summed E-state index contributed by atoms with van der Waals surface area (Å²) < 4.78 is 0. The third-order valence-corrected chi connectivity index (χ3v) is 3.44. The zero-order valence-electron chi connectivity index (χ0n) is 11.8. The lowest BCUT2D eigenvalue weighted by atomic mass is 9.97. The van der Waals surface area contributed by atoms with Crippen LogP contribution < -0.4 is 5.32 Å². The van der Waals surface area contributed by atoms with Crippen molar-refractivity contribution in [3.63, 3.8) is 0 Å². The van der Waals surface area contributed by atoms with Gasteiger partial charge in [-0.15, -0.1) is 0 Å². The molecule has 1 nitrogen and oxygen atoms in total. The van der Waals surface area contributed by atoms with Crippen LogP contribution >= 0.6 is 0 Å². The molecule has 96 valence electrons. The fourth-order valence-electron chi connectivity index (χ4n) is 2.12. The Labute approximate surface area is 107 Å². The summed E-state index contributed by atoms with van der Waals surface area (Å²) in [5.41, 5.74) is 2.88. The molecular formula is C16H27N. The van der Waals surface area contributed by atoms with E-state index >= 15 is 0 Å². The third-order valence-electron chi connectivity index (χ3n) is 3.44.